The summed E-state index contributed by atoms with van der Waals surface area (Å²) in [5.74, 6) is 1.69. The molecule has 0 radical (unpaired) electrons. The number of benzene rings is 1. The highest BCUT2D eigenvalue weighted by Gasteiger charge is 2.26. The monoisotopic (exact) mass is 543 g/mol. The van der Waals surface area contributed by atoms with Gasteiger partial charge in [0, 0.05) is 52.4 Å². The Hall–Kier alpha value is -0.900. The lowest BCUT2D eigenvalue weighted by Gasteiger charge is -2.38. The number of nitrogens with zero attached hydrogens (tertiary/aromatic N) is 3. The lowest BCUT2D eigenvalue weighted by atomic mass is 9.96. The van der Waals surface area contributed by atoms with Crippen molar-refractivity contribution in [1.29, 1.82) is 0 Å². The minimum absolute atomic E-state index is 0. The molecule has 2 fully saturated rings. The molecule has 0 spiro atoms. The van der Waals surface area contributed by atoms with Gasteiger partial charge in [-0.25, -0.2) is 0 Å². The van der Waals surface area contributed by atoms with Crippen molar-refractivity contribution in [2.24, 2.45) is 10.9 Å². The highest BCUT2D eigenvalue weighted by Crippen LogP contribution is 2.20. The molecule has 176 valence electrons. The van der Waals surface area contributed by atoms with Crippen molar-refractivity contribution in [3.63, 3.8) is 0 Å². The van der Waals surface area contributed by atoms with Crippen molar-refractivity contribution in [3.8, 4) is 0 Å². The topological polar surface area (TPSA) is 52.1 Å². The summed E-state index contributed by atoms with van der Waals surface area (Å²) in [5.41, 5.74) is 1.40. The predicted molar refractivity (Wildman–Crippen MR) is 140 cm³/mol. The fourth-order valence-corrected chi connectivity index (χ4v) is 4.67. The minimum atomic E-state index is 0. The highest BCUT2D eigenvalue weighted by atomic mass is 127. The molecule has 2 aliphatic heterocycles. The van der Waals surface area contributed by atoms with Crippen LogP contribution in [0.4, 0.5) is 0 Å². The van der Waals surface area contributed by atoms with E-state index in [9.17, 15) is 0 Å². The van der Waals surface area contributed by atoms with E-state index in [4.69, 9.17) is 4.74 Å². The fraction of sp³-hybridized carbons (Fsp3) is 0.708. The summed E-state index contributed by atoms with van der Waals surface area (Å²) in [6.07, 6.45) is 4.83. The van der Waals surface area contributed by atoms with Crippen LogP contribution in [0.2, 0.25) is 0 Å². The third kappa shape index (κ3) is 8.86. The SMILES string of the molecule is CN=C(NCC1CCN(CCOC)CC1)NC1CCN(Cc2ccccc2)C(C)C1.I. The number of likely N-dealkylation sites (tertiary alicyclic amines) is 2. The van der Waals surface area contributed by atoms with Crippen LogP contribution in [0, 0.1) is 5.92 Å². The summed E-state index contributed by atoms with van der Waals surface area (Å²) in [7, 11) is 3.67. The molecule has 2 atom stereocenters. The lowest BCUT2D eigenvalue weighted by Crippen LogP contribution is -2.52. The van der Waals surface area contributed by atoms with Crippen molar-refractivity contribution in [2.45, 2.75) is 51.2 Å². The maximum Gasteiger partial charge on any atom is 0.191 e. The van der Waals surface area contributed by atoms with E-state index in [2.05, 4.69) is 62.7 Å². The van der Waals surface area contributed by atoms with Crippen LogP contribution in [-0.4, -0.2) is 81.3 Å². The molecule has 2 unspecified atom stereocenters. The summed E-state index contributed by atoms with van der Waals surface area (Å²) in [6, 6.07) is 11.9. The second kappa shape index (κ2) is 14.3. The summed E-state index contributed by atoms with van der Waals surface area (Å²) >= 11 is 0. The van der Waals surface area contributed by atoms with Gasteiger partial charge in [0.2, 0.25) is 0 Å². The van der Waals surface area contributed by atoms with Crippen LogP contribution in [0.25, 0.3) is 0 Å². The van der Waals surface area contributed by atoms with Crippen LogP contribution in [0.15, 0.2) is 35.3 Å². The van der Waals surface area contributed by atoms with Gasteiger partial charge in [-0.05, 0) is 57.2 Å². The second-order valence-electron chi connectivity index (χ2n) is 8.90. The van der Waals surface area contributed by atoms with Gasteiger partial charge in [0.25, 0.3) is 0 Å². The van der Waals surface area contributed by atoms with Crippen LogP contribution in [0.5, 0.6) is 0 Å². The number of ether oxygens (including phenoxy) is 1. The van der Waals surface area contributed by atoms with E-state index in [0.717, 1.165) is 57.5 Å². The zero-order valence-corrected chi connectivity index (χ0v) is 21.9. The standard InChI is InChI=1S/C24H41N5O.HI/c1-20-17-23(11-14-29(20)19-22-7-5-4-6-8-22)27-24(25-2)26-18-21-9-12-28(13-10-21)15-16-30-3;/h4-8,20-21,23H,9-19H2,1-3H3,(H2,25,26,27);1H. The molecular formula is C24H42IN5O. The molecule has 0 aliphatic carbocycles. The third-order valence-electron chi connectivity index (χ3n) is 6.68. The Kier molecular flexibility index (Phi) is 12.1. The van der Waals surface area contributed by atoms with Crippen LogP contribution in [0.3, 0.4) is 0 Å². The fourth-order valence-electron chi connectivity index (χ4n) is 4.67. The first kappa shape index (κ1) is 26.4. The first-order chi connectivity index (χ1) is 14.7. The Bertz CT molecular complexity index is 636. The van der Waals surface area contributed by atoms with Gasteiger partial charge in [-0.15, -0.1) is 24.0 Å². The van der Waals surface area contributed by atoms with Crippen molar-refractivity contribution in [2.75, 3.05) is 53.5 Å². The average molecular weight is 544 g/mol. The lowest BCUT2D eigenvalue weighted by molar-refractivity contribution is 0.120. The quantitative estimate of drug-likeness (QED) is 0.300. The van der Waals surface area contributed by atoms with E-state index in [1.165, 1.54) is 31.5 Å². The molecule has 0 aromatic heterocycles. The zero-order chi connectivity index (χ0) is 21.2. The van der Waals surface area contributed by atoms with Crippen LogP contribution in [-0.2, 0) is 11.3 Å². The zero-order valence-electron chi connectivity index (χ0n) is 19.6. The van der Waals surface area contributed by atoms with Crippen molar-refractivity contribution < 1.29 is 4.74 Å². The molecule has 2 N–H and O–H groups in total. The molecule has 0 saturated carbocycles. The first-order valence-electron chi connectivity index (χ1n) is 11.6. The van der Waals surface area contributed by atoms with Gasteiger partial charge in [-0.1, -0.05) is 30.3 Å². The maximum absolute atomic E-state index is 5.20. The van der Waals surface area contributed by atoms with Crippen molar-refractivity contribution >= 4 is 29.9 Å². The summed E-state index contributed by atoms with van der Waals surface area (Å²) in [4.78, 5) is 9.60. The number of hydrogen-bond donors (Lipinski definition) is 2. The number of aliphatic imine (C=N–C) groups is 1. The van der Waals surface area contributed by atoms with Crippen molar-refractivity contribution in [3.05, 3.63) is 35.9 Å². The smallest absolute Gasteiger partial charge is 0.191 e. The van der Waals surface area contributed by atoms with Gasteiger partial charge in [-0.2, -0.15) is 0 Å². The summed E-state index contributed by atoms with van der Waals surface area (Å²) < 4.78 is 5.20. The van der Waals surface area contributed by atoms with Gasteiger partial charge < -0.3 is 20.3 Å². The van der Waals surface area contributed by atoms with Crippen molar-refractivity contribution in [1.82, 2.24) is 20.4 Å². The van der Waals surface area contributed by atoms with Crippen LogP contribution >= 0.6 is 24.0 Å². The highest BCUT2D eigenvalue weighted by molar-refractivity contribution is 14.0. The van der Waals surface area contributed by atoms with Gasteiger partial charge in [0.1, 0.15) is 0 Å². The van der Waals surface area contributed by atoms with E-state index < -0.39 is 0 Å². The molecular weight excluding hydrogens is 501 g/mol. The molecule has 1 aromatic rings. The van der Waals surface area contributed by atoms with E-state index in [1.807, 2.05) is 7.05 Å². The molecule has 6 nitrogen and oxygen atoms in total. The molecule has 31 heavy (non-hydrogen) atoms. The molecule has 0 amide bonds. The number of methoxy groups -OCH3 is 1. The molecule has 3 rings (SSSR count). The predicted octanol–water partition coefficient (Wildman–Crippen LogP) is 3.18. The van der Waals surface area contributed by atoms with E-state index in [1.54, 1.807) is 7.11 Å². The van der Waals surface area contributed by atoms with E-state index in [-0.39, 0.29) is 24.0 Å². The normalized spacial score (nSPS) is 23.9. The number of piperidine rings is 2. The third-order valence-corrected chi connectivity index (χ3v) is 6.68. The maximum atomic E-state index is 5.20. The Morgan fingerprint density at radius 3 is 2.52 bits per heavy atom. The first-order valence-corrected chi connectivity index (χ1v) is 11.6. The van der Waals surface area contributed by atoms with Gasteiger partial charge in [0.05, 0.1) is 6.61 Å². The Balaban J connectivity index is 0.00000341. The molecule has 0 bridgehead atoms. The molecule has 7 heteroatoms. The molecule has 2 aliphatic rings. The summed E-state index contributed by atoms with van der Waals surface area (Å²) in [5, 5.41) is 7.27. The molecule has 2 heterocycles. The number of hydrogen-bond acceptors (Lipinski definition) is 4. The molecule has 2 saturated heterocycles. The number of halogens is 1. The van der Waals surface area contributed by atoms with Crippen LogP contribution < -0.4 is 10.6 Å². The number of guanidine groups is 1. The number of rotatable bonds is 8. The van der Waals surface area contributed by atoms with Gasteiger partial charge in [-0.3, -0.25) is 9.89 Å². The summed E-state index contributed by atoms with van der Waals surface area (Å²) in [6.45, 7) is 9.79. The van der Waals surface area contributed by atoms with Gasteiger partial charge in [0.15, 0.2) is 5.96 Å². The average Bonchev–Trinajstić information content (AvgIpc) is 2.78. The Morgan fingerprint density at radius 1 is 1.13 bits per heavy atom. The minimum Gasteiger partial charge on any atom is -0.383 e. The second-order valence-corrected chi connectivity index (χ2v) is 8.90. The van der Waals surface area contributed by atoms with Gasteiger partial charge >= 0.3 is 0 Å². The van der Waals surface area contributed by atoms with E-state index in [0.29, 0.717) is 12.1 Å². The van der Waals surface area contributed by atoms with Crippen LogP contribution in [0.1, 0.15) is 38.2 Å². The number of nitrogens with one attached hydrogen (secondary N) is 2. The van der Waals surface area contributed by atoms with E-state index >= 15 is 0 Å². The Labute approximate surface area is 206 Å². The largest absolute Gasteiger partial charge is 0.383 e. The molecule has 1 aromatic carbocycles. The Morgan fingerprint density at radius 2 is 1.87 bits per heavy atom.